The third-order valence-electron chi connectivity index (χ3n) is 2.23. The van der Waals surface area contributed by atoms with Crippen LogP contribution in [0.3, 0.4) is 0 Å². The van der Waals surface area contributed by atoms with E-state index in [9.17, 15) is 0 Å². The molecule has 0 aliphatic carbocycles. The Balaban J connectivity index is 2.25. The molecule has 0 radical (unpaired) electrons. The maximum Gasteiger partial charge on any atom is 0.0622 e. The van der Waals surface area contributed by atoms with Gasteiger partial charge in [0.05, 0.1) is 6.07 Å². The van der Waals surface area contributed by atoms with E-state index in [1.165, 1.54) is 0 Å². The second-order valence-electron chi connectivity index (χ2n) is 3.04. The van der Waals surface area contributed by atoms with Gasteiger partial charge in [0.2, 0.25) is 0 Å². The van der Waals surface area contributed by atoms with Gasteiger partial charge in [0.25, 0.3) is 0 Å². The largest absolute Gasteiger partial charge is 0.314 e. The van der Waals surface area contributed by atoms with E-state index >= 15 is 0 Å². The molecule has 1 rings (SSSR count). The first-order valence-electron chi connectivity index (χ1n) is 4.12. The lowest BCUT2D eigenvalue weighted by atomic mass is 10.1. The Kier molecular flexibility index (Phi) is 3.34. The lowest BCUT2D eigenvalue weighted by Gasteiger charge is -2.32. The summed E-state index contributed by atoms with van der Waals surface area (Å²) < 4.78 is 0. The van der Waals surface area contributed by atoms with Crippen LogP contribution in [0.15, 0.2) is 0 Å². The highest BCUT2D eigenvalue weighted by molar-refractivity contribution is 4.81. The zero-order valence-electron chi connectivity index (χ0n) is 7.01. The molecule has 1 aliphatic heterocycles. The minimum atomic E-state index is 0.573. The molecule has 0 aromatic heterocycles. The Labute approximate surface area is 68.0 Å². The Morgan fingerprint density at radius 3 is 3.18 bits per heavy atom. The Morgan fingerprint density at radius 1 is 1.73 bits per heavy atom. The van der Waals surface area contributed by atoms with Crippen LogP contribution in [0.25, 0.3) is 0 Å². The number of likely N-dealkylation sites (N-methyl/N-ethyl adjacent to an activating group) is 1. The molecule has 1 fully saturated rings. The molecule has 0 aromatic rings. The average molecular weight is 153 g/mol. The molecule has 1 N–H and O–H groups in total. The van der Waals surface area contributed by atoms with E-state index in [1.807, 2.05) is 0 Å². The number of nitrogens with one attached hydrogen (secondary N) is 1. The van der Waals surface area contributed by atoms with Crippen LogP contribution < -0.4 is 5.32 Å². The summed E-state index contributed by atoms with van der Waals surface area (Å²) in [6, 6.07) is 2.75. The van der Waals surface area contributed by atoms with Gasteiger partial charge in [0, 0.05) is 32.1 Å². The average Bonchev–Trinajstić information content (AvgIpc) is 2.03. The van der Waals surface area contributed by atoms with E-state index in [1.54, 1.807) is 0 Å². The van der Waals surface area contributed by atoms with Gasteiger partial charge in [-0.05, 0) is 13.5 Å². The molecule has 1 aliphatic rings. The molecular formula is C8H15N3. The molecule has 11 heavy (non-hydrogen) atoms. The minimum absolute atomic E-state index is 0.573. The molecule has 3 heteroatoms. The summed E-state index contributed by atoms with van der Waals surface area (Å²) in [4.78, 5) is 2.33. The third-order valence-corrected chi connectivity index (χ3v) is 2.23. The summed E-state index contributed by atoms with van der Waals surface area (Å²) in [6.07, 6.45) is 1.68. The molecule has 0 spiro atoms. The summed E-state index contributed by atoms with van der Waals surface area (Å²) in [6.45, 7) is 3.23. The monoisotopic (exact) mass is 153 g/mol. The number of hydrogen-bond acceptors (Lipinski definition) is 3. The summed E-state index contributed by atoms with van der Waals surface area (Å²) in [5.41, 5.74) is 0. The van der Waals surface area contributed by atoms with Crippen molar-refractivity contribution in [3.8, 4) is 6.07 Å². The number of piperazine rings is 1. The lowest BCUT2D eigenvalue weighted by Crippen LogP contribution is -2.49. The predicted molar refractivity (Wildman–Crippen MR) is 44.1 cm³/mol. The van der Waals surface area contributed by atoms with Crippen molar-refractivity contribution in [2.75, 3.05) is 26.7 Å². The van der Waals surface area contributed by atoms with Crippen LogP contribution in [0.5, 0.6) is 0 Å². The lowest BCUT2D eigenvalue weighted by molar-refractivity contribution is 0.192. The SMILES string of the molecule is CN1CCNCC1CCC#N. The maximum atomic E-state index is 8.39. The van der Waals surface area contributed by atoms with Crippen LogP contribution >= 0.6 is 0 Å². The molecule has 1 unspecified atom stereocenters. The highest BCUT2D eigenvalue weighted by Gasteiger charge is 2.17. The van der Waals surface area contributed by atoms with Gasteiger partial charge in [-0.2, -0.15) is 5.26 Å². The van der Waals surface area contributed by atoms with Gasteiger partial charge < -0.3 is 10.2 Å². The van der Waals surface area contributed by atoms with E-state index in [0.717, 1.165) is 26.1 Å². The summed E-state index contributed by atoms with van der Waals surface area (Å²) >= 11 is 0. The van der Waals surface area contributed by atoms with Crippen molar-refractivity contribution in [2.24, 2.45) is 0 Å². The van der Waals surface area contributed by atoms with Crippen LogP contribution in [0.1, 0.15) is 12.8 Å². The molecular weight excluding hydrogens is 138 g/mol. The molecule has 1 atom stereocenters. The van der Waals surface area contributed by atoms with E-state index in [4.69, 9.17) is 5.26 Å². The number of nitriles is 1. The van der Waals surface area contributed by atoms with Crippen LogP contribution in [-0.4, -0.2) is 37.6 Å². The second kappa shape index (κ2) is 4.32. The highest BCUT2D eigenvalue weighted by Crippen LogP contribution is 2.05. The van der Waals surface area contributed by atoms with Crippen molar-refractivity contribution >= 4 is 0 Å². The van der Waals surface area contributed by atoms with Gasteiger partial charge in [-0.15, -0.1) is 0 Å². The van der Waals surface area contributed by atoms with E-state index in [2.05, 4.69) is 23.3 Å². The molecule has 1 saturated heterocycles. The molecule has 3 nitrogen and oxygen atoms in total. The molecule has 62 valence electrons. The van der Waals surface area contributed by atoms with Crippen molar-refractivity contribution in [1.82, 2.24) is 10.2 Å². The van der Waals surface area contributed by atoms with Crippen molar-refractivity contribution in [3.05, 3.63) is 0 Å². The predicted octanol–water partition coefficient (Wildman–Crippen LogP) is 0.194. The van der Waals surface area contributed by atoms with Crippen molar-refractivity contribution in [3.63, 3.8) is 0 Å². The minimum Gasteiger partial charge on any atom is -0.314 e. The van der Waals surface area contributed by atoms with E-state index in [-0.39, 0.29) is 0 Å². The van der Waals surface area contributed by atoms with Gasteiger partial charge in [-0.1, -0.05) is 0 Å². The molecule has 1 heterocycles. The first-order chi connectivity index (χ1) is 5.34. The number of nitrogens with zero attached hydrogens (tertiary/aromatic N) is 2. The molecule has 0 bridgehead atoms. The quantitative estimate of drug-likeness (QED) is 0.615. The molecule has 0 aromatic carbocycles. The standard InChI is InChI=1S/C8H15N3/c1-11-6-5-10-7-8(11)3-2-4-9/h8,10H,2-3,5-7H2,1H3. The van der Waals surface area contributed by atoms with Crippen LogP contribution in [0, 0.1) is 11.3 Å². The van der Waals surface area contributed by atoms with E-state index in [0.29, 0.717) is 12.5 Å². The number of rotatable bonds is 2. The van der Waals surface area contributed by atoms with Crippen LogP contribution in [0.4, 0.5) is 0 Å². The maximum absolute atomic E-state index is 8.39. The molecule has 0 amide bonds. The Hall–Kier alpha value is -0.590. The van der Waals surface area contributed by atoms with Crippen molar-refractivity contribution in [1.29, 1.82) is 5.26 Å². The fraction of sp³-hybridized carbons (Fsp3) is 0.875. The van der Waals surface area contributed by atoms with Crippen LogP contribution in [-0.2, 0) is 0 Å². The first-order valence-corrected chi connectivity index (χ1v) is 4.12. The van der Waals surface area contributed by atoms with Gasteiger partial charge in [-0.25, -0.2) is 0 Å². The first kappa shape index (κ1) is 8.51. The van der Waals surface area contributed by atoms with Crippen molar-refractivity contribution < 1.29 is 0 Å². The van der Waals surface area contributed by atoms with Gasteiger partial charge in [0.15, 0.2) is 0 Å². The zero-order valence-corrected chi connectivity index (χ0v) is 7.01. The topological polar surface area (TPSA) is 39.1 Å². The smallest absolute Gasteiger partial charge is 0.0622 e. The normalized spacial score (nSPS) is 26.4. The van der Waals surface area contributed by atoms with Gasteiger partial charge in [0.1, 0.15) is 0 Å². The Morgan fingerprint density at radius 2 is 2.55 bits per heavy atom. The van der Waals surface area contributed by atoms with E-state index < -0.39 is 0 Å². The Bertz CT molecular complexity index is 150. The van der Waals surface area contributed by atoms with Gasteiger partial charge >= 0.3 is 0 Å². The summed E-state index contributed by atoms with van der Waals surface area (Å²) in [5.74, 6) is 0. The zero-order chi connectivity index (χ0) is 8.10. The molecule has 0 saturated carbocycles. The summed E-state index contributed by atoms with van der Waals surface area (Å²) in [5, 5.41) is 11.7. The summed E-state index contributed by atoms with van der Waals surface area (Å²) in [7, 11) is 2.13. The second-order valence-corrected chi connectivity index (χ2v) is 3.04. The highest BCUT2D eigenvalue weighted by atomic mass is 15.2. The fourth-order valence-corrected chi connectivity index (χ4v) is 1.42. The number of hydrogen-bond donors (Lipinski definition) is 1. The third kappa shape index (κ3) is 2.49. The van der Waals surface area contributed by atoms with Crippen molar-refractivity contribution in [2.45, 2.75) is 18.9 Å². The fourth-order valence-electron chi connectivity index (χ4n) is 1.42. The van der Waals surface area contributed by atoms with Gasteiger partial charge in [-0.3, -0.25) is 0 Å². The van der Waals surface area contributed by atoms with Crippen LogP contribution in [0.2, 0.25) is 0 Å².